The average Bonchev–Trinajstić information content (AvgIpc) is 2.52. The maximum absolute atomic E-state index is 10.5. The van der Waals surface area contributed by atoms with E-state index in [0.717, 1.165) is 32.8 Å². The number of ether oxygens (including phenoxy) is 3. The van der Waals surface area contributed by atoms with Gasteiger partial charge in [-0.25, -0.2) is 0 Å². The van der Waals surface area contributed by atoms with E-state index in [-0.39, 0.29) is 5.69 Å². The number of rotatable bonds is 8. The van der Waals surface area contributed by atoms with Crippen molar-refractivity contribution in [1.29, 1.82) is 0 Å². The lowest BCUT2D eigenvalue weighted by Crippen LogP contribution is -2.38. The summed E-state index contributed by atoms with van der Waals surface area (Å²) in [5.41, 5.74) is 0.0594. The van der Waals surface area contributed by atoms with Crippen LogP contribution in [-0.4, -0.2) is 62.5 Å². The Morgan fingerprint density at radius 2 is 1.86 bits per heavy atom. The first-order valence-corrected chi connectivity index (χ1v) is 7.01. The minimum atomic E-state index is -0.432. The molecule has 21 heavy (non-hydrogen) atoms. The molecule has 0 bridgehead atoms. The third kappa shape index (κ3) is 5.66. The van der Waals surface area contributed by atoms with Gasteiger partial charge in [0.15, 0.2) is 0 Å². The number of morpholine rings is 1. The van der Waals surface area contributed by atoms with Crippen LogP contribution < -0.4 is 4.74 Å². The highest BCUT2D eigenvalue weighted by atomic mass is 16.6. The predicted molar refractivity (Wildman–Crippen MR) is 76.7 cm³/mol. The Bertz CT molecular complexity index is 431. The predicted octanol–water partition coefficient (Wildman–Crippen LogP) is 1.32. The van der Waals surface area contributed by atoms with E-state index in [1.54, 1.807) is 12.1 Å². The highest BCUT2D eigenvalue weighted by Gasteiger charge is 2.09. The zero-order valence-electron chi connectivity index (χ0n) is 11.9. The first-order chi connectivity index (χ1) is 10.3. The van der Waals surface area contributed by atoms with Crippen molar-refractivity contribution in [2.45, 2.75) is 0 Å². The third-order valence-corrected chi connectivity index (χ3v) is 3.20. The molecule has 0 unspecified atom stereocenters. The van der Waals surface area contributed by atoms with Gasteiger partial charge in [-0.05, 0) is 12.1 Å². The minimum Gasteiger partial charge on any atom is -0.491 e. The quantitative estimate of drug-likeness (QED) is 0.409. The lowest BCUT2D eigenvalue weighted by molar-refractivity contribution is -0.384. The molecule has 0 atom stereocenters. The van der Waals surface area contributed by atoms with Crippen molar-refractivity contribution < 1.29 is 19.1 Å². The molecule has 0 spiro atoms. The molecule has 1 aromatic rings. The van der Waals surface area contributed by atoms with E-state index in [4.69, 9.17) is 14.2 Å². The molecule has 1 fully saturated rings. The van der Waals surface area contributed by atoms with Gasteiger partial charge in [0.2, 0.25) is 0 Å². The molecule has 0 aliphatic carbocycles. The summed E-state index contributed by atoms with van der Waals surface area (Å²) in [5, 5.41) is 10.5. The van der Waals surface area contributed by atoms with Crippen molar-refractivity contribution in [3.05, 3.63) is 34.4 Å². The van der Waals surface area contributed by atoms with Crippen LogP contribution in [0.2, 0.25) is 0 Å². The summed E-state index contributed by atoms with van der Waals surface area (Å²) in [5.74, 6) is 0.609. The summed E-state index contributed by atoms with van der Waals surface area (Å²) < 4.78 is 16.2. The zero-order chi connectivity index (χ0) is 14.9. The highest BCUT2D eigenvalue weighted by molar-refractivity contribution is 5.35. The van der Waals surface area contributed by atoms with Crippen molar-refractivity contribution in [1.82, 2.24) is 4.90 Å². The monoisotopic (exact) mass is 296 g/mol. The standard InChI is InChI=1S/C14H20N2O5/c17-16(18)13-1-3-14(4-2-13)21-12-11-20-10-7-15-5-8-19-9-6-15/h1-4H,5-12H2. The second kappa shape index (κ2) is 8.56. The molecular formula is C14H20N2O5. The lowest BCUT2D eigenvalue weighted by atomic mass is 10.3. The van der Waals surface area contributed by atoms with Crippen LogP contribution in [0.1, 0.15) is 0 Å². The first-order valence-electron chi connectivity index (χ1n) is 7.01. The van der Waals surface area contributed by atoms with Gasteiger partial charge in [-0.3, -0.25) is 15.0 Å². The fourth-order valence-electron chi connectivity index (χ4n) is 2.00. The normalized spacial score (nSPS) is 15.8. The van der Waals surface area contributed by atoms with Crippen LogP contribution in [0.5, 0.6) is 5.75 Å². The SMILES string of the molecule is O=[N+]([O-])c1ccc(OCCOCCN2CCOCC2)cc1. The largest absolute Gasteiger partial charge is 0.491 e. The van der Waals surface area contributed by atoms with E-state index in [2.05, 4.69) is 4.90 Å². The second-order valence-electron chi connectivity index (χ2n) is 4.67. The highest BCUT2D eigenvalue weighted by Crippen LogP contribution is 2.16. The lowest BCUT2D eigenvalue weighted by Gasteiger charge is -2.26. The van der Waals surface area contributed by atoms with E-state index in [9.17, 15) is 10.1 Å². The van der Waals surface area contributed by atoms with Gasteiger partial charge in [0.25, 0.3) is 5.69 Å². The molecule has 116 valence electrons. The number of benzene rings is 1. The summed E-state index contributed by atoms with van der Waals surface area (Å²) in [6, 6.07) is 6.03. The number of hydrogen-bond acceptors (Lipinski definition) is 6. The van der Waals surface area contributed by atoms with Crippen molar-refractivity contribution in [3.8, 4) is 5.75 Å². The van der Waals surface area contributed by atoms with Gasteiger partial charge in [0.1, 0.15) is 12.4 Å². The Balaban J connectivity index is 1.54. The Morgan fingerprint density at radius 3 is 2.52 bits per heavy atom. The number of non-ortho nitro benzene ring substituents is 1. The van der Waals surface area contributed by atoms with Gasteiger partial charge < -0.3 is 14.2 Å². The Morgan fingerprint density at radius 1 is 1.14 bits per heavy atom. The van der Waals surface area contributed by atoms with Crippen LogP contribution in [0.25, 0.3) is 0 Å². The second-order valence-corrected chi connectivity index (χ2v) is 4.67. The minimum absolute atomic E-state index is 0.0594. The molecule has 1 aliphatic rings. The molecule has 2 rings (SSSR count). The van der Waals surface area contributed by atoms with Gasteiger partial charge >= 0.3 is 0 Å². The fourth-order valence-corrected chi connectivity index (χ4v) is 2.00. The van der Waals surface area contributed by atoms with Crippen LogP contribution in [0.4, 0.5) is 5.69 Å². The molecule has 1 aliphatic heterocycles. The molecule has 0 radical (unpaired) electrons. The summed E-state index contributed by atoms with van der Waals surface area (Å²) in [4.78, 5) is 12.4. The topological polar surface area (TPSA) is 74.1 Å². The van der Waals surface area contributed by atoms with Crippen LogP contribution in [0, 0.1) is 10.1 Å². The molecule has 0 aromatic heterocycles. The zero-order valence-corrected chi connectivity index (χ0v) is 11.9. The summed E-state index contributed by atoms with van der Waals surface area (Å²) in [6.07, 6.45) is 0. The molecule has 1 aromatic carbocycles. The Kier molecular flexibility index (Phi) is 6.39. The Hall–Kier alpha value is -1.70. The molecule has 7 heteroatoms. The molecule has 0 amide bonds. The van der Waals surface area contributed by atoms with Gasteiger partial charge in [0, 0.05) is 31.8 Å². The fraction of sp³-hybridized carbons (Fsp3) is 0.571. The average molecular weight is 296 g/mol. The molecule has 0 saturated carbocycles. The van der Waals surface area contributed by atoms with Crippen molar-refractivity contribution in [2.75, 3.05) is 52.7 Å². The molecule has 1 saturated heterocycles. The van der Waals surface area contributed by atoms with E-state index in [0.29, 0.717) is 25.6 Å². The number of nitro benzene ring substituents is 1. The first kappa shape index (κ1) is 15.7. The van der Waals surface area contributed by atoms with Gasteiger partial charge in [0.05, 0.1) is 31.4 Å². The molecule has 7 nitrogen and oxygen atoms in total. The van der Waals surface area contributed by atoms with Crippen molar-refractivity contribution in [3.63, 3.8) is 0 Å². The van der Waals surface area contributed by atoms with Crippen LogP contribution in [-0.2, 0) is 9.47 Å². The van der Waals surface area contributed by atoms with Crippen molar-refractivity contribution >= 4 is 5.69 Å². The van der Waals surface area contributed by atoms with Gasteiger partial charge in [-0.15, -0.1) is 0 Å². The number of nitrogens with zero attached hydrogens (tertiary/aromatic N) is 2. The van der Waals surface area contributed by atoms with Crippen LogP contribution in [0.3, 0.4) is 0 Å². The van der Waals surface area contributed by atoms with Crippen molar-refractivity contribution in [2.24, 2.45) is 0 Å². The van der Waals surface area contributed by atoms with E-state index in [1.807, 2.05) is 0 Å². The summed E-state index contributed by atoms with van der Waals surface area (Å²) in [6.45, 7) is 6.02. The number of nitro groups is 1. The Labute approximate surface area is 123 Å². The smallest absolute Gasteiger partial charge is 0.269 e. The third-order valence-electron chi connectivity index (χ3n) is 3.20. The van der Waals surface area contributed by atoms with Crippen LogP contribution >= 0.6 is 0 Å². The summed E-state index contributed by atoms with van der Waals surface area (Å²) in [7, 11) is 0. The van der Waals surface area contributed by atoms with Crippen LogP contribution in [0.15, 0.2) is 24.3 Å². The van der Waals surface area contributed by atoms with E-state index >= 15 is 0 Å². The molecule has 0 N–H and O–H groups in total. The molecular weight excluding hydrogens is 276 g/mol. The van der Waals surface area contributed by atoms with E-state index < -0.39 is 4.92 Å². The maximum Gasteiger partial charge on any atom is 0.269 e. The van der Waals surface area contributed by atoms with Gasteiger partial charge in [-0.1, -0.05) is 0 Å². The summed E-state index contributed by atoms with van der Waals surface area (Å²) >= 11 is 0. The van der Waals surface area contributed by atoms with E-state index in [1.165, 1.54) is 12.1 Å². The molecule has 1 heterocycles. The number of hydrogen-bond donors (Lipinski definition) is 0. The maximum atomic E-state index is 10.5. The van der Waals surface area contributed by atoms with Gasteiger partial charge in [-0.2, -0.15) is 0 Å².